The minimum absolute atomic E-state index is 0.441. The molecule has 3 nitrogen and oxygen atoms in total. The number of benzene rings is 1. The number of nitrogens with one attached hydrogen (secondary N) is 1. The molecule has 0 amide bonds. The first-order valence-corrected chi connectivity index (χ1v) is 6.94. The molecule has 0 aliphatic carbocycles. The Morgan fingerprint density at radius 3 is 2.47 bits per heavy atom. The van der Waals surface area contributed by atoms with Gasteiger partial charge in [0, 0.05) is 24.0 Å². The minimum Gasteiger partial charge on any atom is -0.310 e. The van der Waals surface area contributed by atoms with E-state index in [9.17, 15) is 0 Å². The summed E-state index contributed by atoms with van der Waals surface area (Å²) < 4.78 is 0. The van der Waals surface area contributed by atoms with E-state index in [2.05, 4.69) is 53.4 Å². The quantitative estimate of drug-likeness (QED) is 0.857. The van der Waals surface area contributed by atoms with Crippen molar-refractivity contribution in [1.82, 2.24) is 15.3 Å². The molecule has 1 aromatic carbocycles. The zero-order chi connectivity index (χ0) is 13.5. The second-order valence-electron chi connectivity index (χ2n) is 4.63. The van der Waals surface area contributed by atoms with Crippen LogP contribution in [0.25, 0.3) is 11.3 Å². The molecule has 0 fully saturated rings. The Morgan fingerprint density at radius 2 is 1.89 bits per heavy atom. The van der Waals surface area contributed by atoms with E-state index < -0.39 is 0 Å². The third-order valence-corrected chi connectivity index (χ3v) is 3.22. The second kappa shape index (κ2) is 7.00. The van der Waals surface area contributed by atoms with E-state index in [4.69, 9.17) is 0 Å². The Labute approximate surface area is 115 Å². The van der Waals surface area contributed by atoms with Gasteiger partial charge in [0.2, 0.25) is 0 Å². The lowest BCUT2D eigenvalue weighted by Crippen LogP contribution is -2.21. The summed E-state index contributed by atoms with van der Waals surface area (Å²) in [4.78, 5) is 8.42. The lowest BCUT2D eigenvalue weighted by Gasteiger charge is -2.17. The van der Waals surface area contributed by atoms with Gasteiger partial charge in [0.25, 0.3) is 0 Å². The molecule has 0 saturated carbocycles. The van der Waals surface area contributed by atoms with E-state index in [1.165, 1.54) is 5.56 Å². The highest BCUT2D eigenvalue weighted by molar-refractivity contribution is 5.58. The second-order valence-corrected chi connectivity index (χ2v) is 4.63. The van der Waals surface area contributed by atoms with Crippen LogP contribution in [0.5, 0.6) is 0 Å². The van der Waals surface area contributed by atoms with Crippen LogP contribution >= 0.6 is 0 Å². The highest BCUT2D eigenvalue weighted by atomic mass is 14.9. The number of rotatable bonds is 6. The molecule has 0 radical (unpaired) electrons. The number of hydrogen-bond acceptors (Lipinski definition) is 3. The van der Waals surface area contributed by atoms with E-state index in [-0.39, 0.29) is 0 Å². The van der Waals surface area contributed by atoms with Crippen molar-refractivity contribution in [2.45, 2.75) is 32.7 Å². The van der Waals surface area contributed by atoms with Gasteiger partial charge in [0.05, 0.1) is 11.9 Å². The van der Waals surface area contributed by atoms with E-state index in [0.717, 1.165) is 30.6 Å². The average molecular weight is 255 g/mol. The van der Waals surface area contributed by atoms with Gasteiger partial charge in [-0.2, -0.15) is 0 Å². The van der Waals surface area contributed by atoms with Crippen molar-refractivity contribution in [2.24, 2.45) is 0 Å². The fourth-order valence-electron chi connectivity index (χ4n) is 2.15. The van der Waals surface area contributed by atoms with Crippen molar-refractivity contribution in [1.29, 1.82) is 0 Å². The third-order valence-electron chi connectivity index (χ3n) is 3.22. The molecule has 1 heterocycles. The molecular weight excluding hydrogens is 234 g/mol. The first-order valence-electron chi connectivity index (χ1n) is 6.94. The fraction of sp³-hybridized carbons (Fsp3) is 0.375. The Bertz CT molecular complexity index is 479. The first kappa shape index (κ1) is 13.7. The molecular formula is C16H21N3. The van der Waals surface area contributed by atoms with Gasteiger partial charge in [-0.25, -0.2) is 0 Å². The van der Waals surface area contributed by atoms with Crippen LogP contribution in [0.4, 0.5) is 0 Å². The minimum atomic E-state index is 0.441. The molecule has 3 heteroatoms. The van der Waals surface area contributed by atoms with Crippen LogP contribution in [0.1, 0.15) is 38.3 Å². The number of aromatic nitrogens is 2. The first-order chi connectivity index (χ1) is 9.35. The van der Waals surface area contributed by atoms with Gasteiger partial charge in [-0.3, -0.25) is 9.97 Å². The molecule has 2 aromatic rings. The summed E-state index contributed by atoms with van der Waals surface area (Å²) in [6, 6.07) is 9.04. The van der Waals surface area contributed by atoms with Gasteiger partial charge in [0.1, 0.15) is 0 Å². The Balaban J connectivity index is 2.13. The average Bonchev–Trinajstić information content (AvgIpc) is 2.49. The summed E-state index contributed by atoms with van der Waals surface area (Å²) in [7, 11) is 0. The largest absolute Gasteiger partial charge is 0.310 e. The predicted octanol–water partition coefficient (Wildman–Crippen LogP) is 3.59. The van der Waals surface area contributed by atoms with Crippen molar-refractivity contribution in [2.75, 3.05) is 6.54 Å². The fourth-order valence-corrected chi connectivity index (χ4v) is 2.15. The summed E-state index contributed by atoms with van der Waals surface area (Å²) >= 11 is 0. The van der Waals surface area contributed by atoms with E-state index in [0.29, 0.717) is 6.04 Å². The van der Waals surface area contributed by atoms with Gasteiger partial charge in [0.15, 0.2) is 0 Å². The van der Waals surface area contributed by atoms with Gasteiger partial charge in [-0.1, -0.05) is 38.1 Å². The van der Waals surface area contributed by atoms with Crippen molar-refractivity contribution >= 4 is 0 Å². The number of hydrogen-bond donors (Lipinski definition) is 1. The van der Waals surface area contributed by atoms with Gasteiger partial charge in [-0.05, 0) is 24.9 Å². The maximum Gasteiger partial charge on any atom is 0.0885 e. The third kappa shape index (κ3) is 3.61. The van der Waals surface area contributed by atoms with Crippen molar-refractivity contribution < 1.29 is 0 Å². The highest BCUT2D eigenvalue weighted by Crippen LogP contribution is 2.21. The molecule has 19 heavy (non-hydrogen) atoms. The predicted molar refractivity (Wildman–Crippen MR) is 78.8 cm³/mol. The van der Waals surface area contributed by atoms with E-state index in [1.807, 2.05) is 0 Å². The maximum absolute atomic E-state index is 4.32. The topological polar surface area (TPSA) is 37.8 Å². The Hall–Kier alpha value is -1.74. The molecule has 0 aliphatic heterocycles. The van der Waals surface area contributed by atoms with Gasteiger partial charge < -0.3 is 5.32 Å². The number of nitrogens with zero attached hydrogens (tertiary/aromatic N) is 2. The van der Waals surface area contributed by atoms with Gasteiger partial charge >= 0.3 is 0 Å². The molecule has 1 N–H and O–H groups in total. The maximum atomic E-state index is 4.32. The van der Waals surface area contributed by atoms with Crippen molar-refractivity contribution in [3.8, 4) is 11.3 Å². The van der Waals surface area contributed by atoms with Crippen LogP contribution in [0.3, 0.4) is 0 Å². The molecule has 0 bridgehead atoms. The molecule has 2 rings (SSSR count). The monoisotopic (exact) mass is 255 g/mol. The van der Waals surface area contributed by atoms with Crippen molar-refractivity contribution in [3.63, 3.8) is 0 Å². The summed E-state index contributed by atoms with van der Waals surface area (Å²) in [6.45, 7) is 5.46. The molecule has 0 aliphatic rings. The standard InChI is InChI=1S/C16H21N3/c1-3-9-18-15(4-2)13-5-7-14(8-6-13)16-12-17-10-11-19-16/h5-8,10-12,15,18H,3-4,9H2,1-2H3. The van der Waals surface area contributed by atoms with Crippen LogP contribution in [0.2, 0.25) is 0 Å². The SMILES string of the molecule is CCCNC(CC)c1ccc(-c2cnccn2)cc1. The van der Waals surface area contributed by atoms with Crippen LogP contribution in [0, 0.1) is 0 Å². The molecule has 0 saturated heterocycles. The van der Waals surface area contributed by atoms with E-state index >= 15 is 0 Å². The molecule has 100 valence electrons. The highest BCUT2D eigenvalue weighted by Gasteiger charge is 2.08. The van der Waals surface area contributed by atoms with Crippen LogP contribution in [0.15, 0.2) is 42.9 Å². The van der Waals surface area contributed by atoms with Crippen LogP contribution in [-0.4, -0.2) is 16.5 Å². The Morgan fingerprint density at radius 1 is 1.11 bits per heavy atom. The zero-order valence-electron chi connectivity index (χ0n) is 11.6. The van der Waals surface area contributed by atoms with Gasteiger partial charge in [-0.15, -0.1) is 0 Å². The zero-order valence-corrected chi connectivity index (χ0v) is 11.6. The molecule has 0 spiro atoms. The smallest absolute Gasteiger partial charge is 0.0885 e. The Kier molecular flexibility index (Phi) is 5.04. The lowest BCUT2D eigenvalue weighted by atomic mass is 10.0. The van der Waals surface area contributed by atoms with Crippen LogP contribution in [-0.2, 0) is 0 Å². The normalized spacial score (nSPS) is 12.3. The van der Waals surface area contributed by atoms with Crippen molar-refractivity contribution in [3.05, 3.63) is 48.4 Å². The molecule has 1 atom stereocenters. The summed E-state index contributed by atoms with van der Waals surface area (Å²) in [6.07, 6.45) is 7.47. The lowest BCUT2D eigenvalue weighted by molar-refractivity contribution is 0.518. The summed E-state index contributed by atoms with van der Waals surface area (Å²) in [5, 5.41) is 3.57. The summed E-state index contributed by atoms with van der Waals surface area (Å²) in [5.41, 5.74) is 3.37. The molecule has 1 unspecified atom stereocenters. The van der Waals surface area contributed by atoms with Crippen LogP contribution < -0.4 is 5.32 Å². The molecule has 1 aromatic heterocycles. The van der Waals surface area contributed by atoms with E-state index in [1.54, 1.807) is 18.6 Å². The summed E-state index contributed by atoms with van der Waals surface area (Å²) in [5.74, 6) is 0.